The number of nitrogens with zero attached hydrogens (tertiary/aromatic N) is 1. The molecule has 112 valence electrons. The molecule has 1 amide bonds. The van der Waals surface area contributed by atoms with Crippen LogP contribution in [0.1, 0.15) is 33.4 Å². The van der Waals surface area contributed by atoms with Gasteiger partial charge in [0, 0.05) is 5.69 Å². The molecule has 0 aliphatic carbocycles. The van der Waals surface area contributed by atoms with Gasteiger partial charge in [0.15, 0.2) is 11.9 Å². The summed E-state index contributed by atoms with van der Waals surface area (Å²) in [7, 11) is 0. The molecule has 1 aromatic heterocycles. The Bertz CT molecular complexity index is 729. The molecule has 6 nitrogen and oxygen atoms in total. The minimum absolute atomic E-state index is 0.172. The van der Waals surface area contributed by atoms with Crippen LogP contribution in [0.3, 0.4) is 0 Å². The Morgan fingerprint density at radius 1 is 1.36 bits per heavy atom. The number of benzene rings is 1. The lowest BCUT2D eigenvalue weighted by Gasteiger charge is -2.10. The molecular weight excluding hydrogens is 284 g/mol. The summed E-state index contributed by atoms with van der Waals surface area (Å²) in [4.78, 5) is 23.9. The lowest BCUT2D eigenvalue weighted by Crippen LogP contribution is -2.15. The van der Waals surface area contributed by atoms with E-state index in [9.17, 15) is 9.59 Å². The Morgan fingerprint density at radius 2 is 2.14 bits per heavy atom. The predicted octanol–water partition coefficient (Wildman–Crippen LogP) is 2.91. The van der Waals surface area contributed by atoms with Crippen LogP contribution in [0.25, 0.3) is 0 Å². The largest absolute Gasteiger partial charge is 0.459 e. The van der Waals surface area contributed by atoms with Crippen molar-refractivity contribution in [3.05, 3.63) is 53.5 Å². The highest BCUT2D eigenvalue weighted by atomic mass is 16.5. The molecule has 0 aliphatic rings. The van der Waals surface area contributed by atoms with Gasteiger partial charge in [0.1, 0.15) is 6.07 Å². The smallest absolute Gasteiger partial charge is 0.339 e. The quantitative estimate of drug-likeness (QED) is 0.876. The van der Waals surface area contributed by atoms with E-state index in [0.29, 0.717) is 5.69 Å². The van der Waals surface area contributed by atoms with Gasteiger partial charge in [-0.1, -0.05) is 6.07 Å². The average molecular weight is 298 g/mol. The first kappa shape index (κ1) is 15.3. The number of amides is 1. The molecule has 0 saturated heterocycles. The summed E-state index contributed by atoms with van der Waals surface area (Å²) in [6.07, 6.45) is 0.564. The molecule has 6 heteroatoms. The standard InChI is InChI=1S/C16H14N2O4/c1-10-5-6-12(16(20)22-11(2)9-17)8-13(10)18-15(19)14-4-3-7-21-14/h3-8,11H,1-2H3,(H,18,19)/t11-/m1/s1. The highest BCUT2D eigenvalue weighted by Gasteiger charge is 2.15. The van der Waals surface area contributed by atoms with E-state index in [1.54, 1.807) is 25.1 Å². The average Bonchev–Trinajstić information content (AvgIpc) is 3.03. The van der Waals surface area contributed by atoms with E-state index in [2.05, 4.69) is 5.32 Å². The molecule has 0 unspecified atom stereocenters. The van der Waals surface area contributed by atoms with E-state index >= 15 is 0 Å². The van der Waals surface area contributed by atoms with Crippen LogP contribution in [0.5, 0.6) is 0 Å². The van der Waals surface area contributed by atoms with Crippen LogP contribution in [-0.4, -0.2) is 18.0 Å². The van der Waals surface area contributed by atoms with Crippen molar-refractivity contribution < 1.29 is 18.7 Å². The molecule has 0 saturated carbocycles. The van der Waals surface area contributed by atoms with Crippen LogP contribution >= 0.6 is 0 Å². The van der Waals surface area contributed by atoms with Gasteiger partial charge in [-0.3, -0.25) is 4.79 Å². The molecule has 0 spiro atoms. The molecule has 2 aromatic rings. The number of carbonyl (C=O) groups is 2. The number of furan rings is 1. The first-order valence-corrected chi connectivity index (χ1v) is 6.57. The minimum atomic E-state index is -0.838. The van der Waals surface area contributed by atoms with E-state index in [1.807, 2.05) is 6.07 Å². The van der Waals surface area contributed by atoms with Crippen LogP contribution in [0.4, 0.5) is 5.69 Å². The van der Waals surface area contributed by atoms with Crippen molar-refractivity contribution in [3.63, 3.8) is 0 Å². The molecule has 1 aromatic carbocycles. The fourth-order valence-electron chi connectivity index (χ4n) is 1.73. The van der Waals surface area contributed by atoms with Gasteiger partial charge in [-0.15, -0.1) is 0 Å². The number of rotatable bonds is 4. The monoisotopic (exact) mass is 298 g/mol. The van der Waals surface area contributed by atoms with Gasteiger partial charge < -0.3 is 14.5 Å². The number of hydrogen-bond donors (Lipinski definition) is 1. The number of nitriles is 1. The molecule has 22 heavy (non-hydrogen) atoms. The zero-order chi connectivity index (χ0) is 16.1. The van der Waals surface area contributed by atoms with E-state index in [0.717, 1.165) is 5.56 Å². The number of ether oxygens (including phenoxy) is 1. The van der Waals surface area contributed by atoms with Gasteiger partial charge >= 0.3 is 5.97 Å². The van der Waals surface area contributed by atoms with Crippen LogP contribution in [0.15, 0.2) is 41.0 Å². The predicted molar refractivity (Wildman–Crippen MR) is 78.3 cm³/mol. The summed E-state index contributed by atoms with van der Waals surface area (Å²) in [6, 6.07) is 9.73. The van der Waals surface area contributed by atoms with Crippen molar-refractivity contribution in [1.82, 2.24) is 0 Å². The van der Waals surface area contributed by atoms with Gasteiger partial charge in [0.25, 0.3) is 5.91 Å². The Kier molecular flexibility index (Phi) is 4.59. The van der Waals surface area contributed by atoms with Crippen LogP contribution in [0.2, 0.25) is 0 Å². The summed E-state index contributed by atoms with van der Waals surface area (Å²) in [6.45, 7) is 3.27. The number of anilines is 1. The number of esters is 1. The molecule has 1 heterocycles. The molecule has 2 rings (SSSR count). The van der Waals surface area contributed by atoms with Gasteiger partial charge in [-0.25, -0.2) is 4.79 Å². The summed E-state index contributed by atoms with van der Waals surface area (Å²) in [5.74, 6) is -0.864. The normalized spacial score (nSPS) is 11.3. The Hall–Kier alpha value is -3.07. The van der Waals surface area contributed by atoms with Gasteiger partial charge in [-0.2, -0.15) is 5.26 Å². The molecule has 0 fully saturated rings. The van der Waals surface area contributed by atoms with E-state index in [4.69, 9.17) is 14.4 Å². The SMILES string of the molecule is Cc1ccc(C(=O)O[C@H](C)C#N)cc1NC(=O)c1ccco1. The molecule has 0 aliphatic heterocycles. The Morgan fingerprint density at radius 3 is 2.77 bits per heavy atom. The highest BCUT2D eigenvalue weighted by Crippen LogP contribution is 2.19. The second-order valence-corrected chi connectivity index (χ2v) is 4.64. The fraction of sp³-hybridized carbons (Fsp3) is 0.188. The maximum atomic E-state index is 12.0. The lowest BCUT2D eigenvalue weighted by molar-refractivity contribution is 0.0435. The topological polar surface area (TPSA) is 92.3 Å². The minimum Gasteiger partial charge on any atom is -0.459 e. The van der Waals surface area contributed by atoms with Gasteiger partial charge in [-0.05, 0) is 43.7 Å². The van der Waals surface area contributed by atoms with Crippen molar-refractivity contribution >= 4 is 17.6 Å². The zero-order valence-corrected chi connectivity index (χ0v) is 12.1. The third kappa shape index (κ3) is 3.52. The number of carbonyl (C=O) groups excluding carboxylic acids is 2. The van der Waals surface area contributed by atoms with Crippen LogP contribution < -0.4 is 5.32 Å². The zero-order valence-electron chi connectivity index (χ0n) is 12.1. The van der Waals surface area contributed by atoms with Gasteiger partial charge in [0.2, 0.25) is 0 Å². The van der Waals surface area contributed by atoms with Gasteiger partial charge in [0.05, 0.1) is 11.8 Å². The lowest BCUT2D eigenvalue weighted by atomic mass is 10.1. The second-order valence-electron chi connectivity index (χ2n) is 4.64. The number of aryl methyl sites for hydroxylation is 1. The van der Waals surface area contributed by atoms with E-state index in [1.165, 1.54) is 25.3 Å². The maximum Gasteiger partial charge on any atom is 0.339 e. The Labute approximate surface area is 127 Å². The molecule has 0 radical (unpaired) electrons. The van der Waals surface area contributed by atoms with Crippen LogP contribution in [-0.2, 0) is 4.74 Å². The van der Waals surface area contributed by atoms with Crippen molar-refractivity contribution in [2.75, 3.05) is 5.32 Å². The first-order chi connectivity index (χ1) is 10.5. The second kappa shape index (κ2) is 6.59. The first-order valence-electron chi connectivity index (χ1n) is 6.57. The van der Waals surface area contributed by atoms with Crippen LogP contribution in [0, 0.1) is 18.3 Å². The van der Waals surface area contributed by atoms with E-state index in [-0.39, 0.29) is 11.3 Å². The molecular formula is C16H14N2O4. The summed E-state index contributed by atoms with van der Waals surface area (Å²) in [5.41, 5.74) is 1.51. The highest BCUT2D eigenvalue weighted by molar-refractivity contribution is 6.03. The van der Waals surface area contributed by atoms with Crippen molar-refractivity contribution in [2.24, 2.45) is 0 Å². The molecule has 1 atom stereocenters. The summed E-state index contributed by atoms with van der Waals surface area (Å²) in [5, 5.41) is 11.3. The number of hydrogen-bond acceptors (Lipinski definition) is 5. The summed E-state index contributed by atoms with van der Waals surface area (Å²) < 4.78 is 9.94. The third-order valence-electron chi connectivity index (χ3n) is 2.93. The Balaban J connectivity index is 2.18. The number of nitrogens with one attached hydrogen (secondary N) is 1. The van der Waals surface area contributed by atoms with E-state index < -0.39 is 18.0 Å². The fourth-order valence-corrected chi connectivity index (χ4v) is 1.73. The van der Waals surface area contributed by atoms with Crippen molar-refractivity contribution in [2.45, 2.75) is 20.0 Å². The third-order valence-corrected chi connectivity index (χ3v) is 2.93. The molecule has 0 bridgehead atoms. The molecule has 1 N–H and O–H groups in total. The summed E-state index contributed by atoms with van der Waals surface area (Å²) >= 11 is 0. The van der Waals surface area contributed by atoms with Crippen molar-refractivity contribution in [1.29, 1.82) is 5.26 Å². The maximum absolute atomic E-state index is 12.0. The van der Waals surface area contributed by atoms with Crippen molar-refractivity contribution in [3.8, 4) is 6.07 Å².